The third-order valence-corrected chi connectivity index (χ3v) is 3.22. The van der Waals surface area contributed by atoms with Gasteiger partial charge in [0.05, 0.1) is 0 Å². The van der Waals surface area contributed by atoms with Crippen LogP contribution in [0.3, 0.4) is 0 Å². The van der Waals surface area contributed by atoms with Crippen molar-refractivity contribution in [1.82, 2.24) is 24.7 Å². The van der Waals surface area contributed by atoms with Crippen LogP contribution in [0.5, 0.6) is 0 Å². The van der Waals surface area contributed by atoms with Gasteiger partial charge in [0, 0.05) is 26.3 Å². The Morgan fingerprint density at radius 3 is 2.58 bits per heavy atom. The van der Waals surface area contributed by atoms with Crippen molar-refractivity contribution in [2.45, 2.75) is 19.3 Å². The fourth-order valence-corrected chi connectivity index (χ4v) is 2.26. The number of nitrogen functional groups attached to an aromatic ring is 1. The lowest BCUT2D eigenvalue weighted by Gasteiger charge is -2.26. The van der Waals surface area contributed by atoms with E-state index in [4.69, 9.17) is 5.73 Å². The maximum absolute atomic E-state index is 5.79. The summed E-state index contributed by atoms with van der Waals surface area (Å²) in [4.78, 5) is 15.1. The average Bonchev–Trinajstić information content (AvgIpc) is 2.86. The van der Waals surface area contributed by atoms with Gasteiger partial charge in [0.2, 0.25) is 11.9 Å². The minimum atomic E-state index is 0.247. The molecule has 0 amide bonds. The van der Waals surface area contributed by atoms with Gasteiger partial charge in [-0.05, 0) is 25.3 Å². The first-order valence-corrected chi connectivity index (χ1v) is 6.49. The molecule has 3 rings (SSSR count). The van der Waals surface area contributed by atoms with Crippen LogP contribution < -0.4 is 10.6 Å². The second kappa shape index (κ2) is 4.83. The summed E-state index contributed by atoms with van der Waals surface area (Å²) in [6.07, 6.45) is 5.47. The van der Waals surface area contributed by atoms with E-state index in [0.29, 0.717) is 11.8 Å². The van der Waals surface area contributed by atoms with E-state index in [2.05, 4.69) is 25.0 Å². The lowest BCUT2D eigenvalue weighted by molar-refractivity contribution is 0.568. The Bertz CT molecular complexity index is 571. The Kier molecular flexibility index (Phi) is 3.02. The first kappa shape index (κ1) is 11.9. The van der Waals surface area contributed by atoms with Gasteiger partial charge in [0.15, 0.2) is 5.82 Å². The zero-order valence-corrected chi connectivity index (χ0v) is 11.0. The zero-order valence-electron chi connectivity index (χ0n) is 11.0. The van der Waals surface area contributed by atoms with Crippen molar-refractivity contribution in [3.8, 4) is 11.5 Å². The van der Waals surface area contributed by atoms with Crippen LogP contribution >= 0.6 is 0 Å². The molecule has 2 aromatic rings. The predicted octanol–water partition coefficient (Wildman–Crippen LogP) is 0.845. The van der Waals surface area contributed by atoms with Crippen molar-refractivity contribution in [1.29, 1.82) is 0 Å². The van der Waals surface area contributed by atoms with E-state index in [1.54, 1.807) is 4.68 Å². The van der Waals surface area contributed by atoms with Crippen LogP contribution in [0.2, 0.25) is 0 Å². The van der Waals surface area contributed by atoms with Gasteiger partial charge in [0.25, 0.3) is 0 Å². The fraction of sp³-hybridized carbons (Fsp3) is 0.500. The van der Waals surface area contributed by atoms with Crippen molar-refractivity contribution in [3.63, 3.8) is 0 Å². The molecule has 0 aromatic carbocycles. The summed E-state index contributed by atoms with van der Waals surface area (Å²) >= 11 is 0. The number of aryl methyl sites for hydroxylation is 1. The summed E-state index contributed by atoms with van der Waals surface area (Å²) in [5.41, 5.74) is 6.50. The molecule has 0 bridgehead atoms. The average molecular weight is 259 g/mol. The van der Waals surface area contributed by atoms with Gasteiger partial charge >= 0.3 is 0 Å². The number of rotatable bonds is 2. The van der Waals surface area contributed by atoms with Crippen LogP contribution in [-0.4, -0.2) is 37.8 Å². The highest BCUT2D eigenvalue weighted by Gasteiger charge is 2.16. The quantitative estimate of drug-likeness (QED) is 0.860. The summed E-state index contributed by atoms with van der Waals surface area (Å²) in [5.74, 6) is 1.44. The summed E-state index contributed by atoms with van der Waals surface area (Å²) in [6, 6.07) is 1.87. The molecule has 7 heteroatoms. The number of nitrogens with zero attached hydrogens (tertiary/aromatic N) is 6. The molecule has 19 heavy (non-hydrogen) atoms. The monoisotopic (exact) mass is 259 g/mol. The molecule has 0 atom stereocenters. The molecule has 0 radical (unpaired) electrons. The fourth-order valence-electron chi connectivity index (χ4n) is 2.26. The number of anilines is 2. The van der Waals surface area contributed by atoms with E-state index in [0.717, 1.165) is 18.8 Å². The first-order valence-electron chi connectivity index (χ1n) is 6.49. The number of nitrogens with two attached hydrogens (primary N) is 1. The third kappa shape index (κ3) is 2.49. The SMILES string of the molecule is Cn1ccc(-c2nc(N)nc(N3CCCCC3)n2)n1. The largest absolute Gasteiger partial charge is 0.368 e. The van der Waals surface area contributed by atoms with Crippen molar-refractivity contribution in [3.05, 3.63) is 12.3 Å². The molecule has 2 N–H and O–H groups in total. The normalized spacial score (nSPS) is 15.7. The molecule has 1 saturated heterocycles. The van der Waals surface area contributed by atoms with Crippen LogP contribution in [0.15, 0.2) is 12.3 Å². The zero-order chi connectivity index (χ0) is 13.2. The second-order valence-corrected chi connectivity index (χ2v) is 4.74. The molecule has 0 saturated carbocycles. The van der Waals surface area contributed by atoms with Crippen LogP contribution in [0.1, 0.15) is 19.3 Å². The van der Waals surface area contributed by atoms with Crippen LogP contribution in [0, 0.1) is 0 Å². The molecule has 100 valence electrons. The second-order valence-electron chi connectivity index (χ2n) is 4.74. The van der Waals surface area contributed by atoms with Crippen LogP contribution in [0.25, 0.3) is 11.5 Å². The van der Waals surface area contributed by atoms with Crippen molar-refractivity contribution in [2.24, 2.45) is 7.05 Å². The topological polar surface area (TPSA) is 85.8 Å². The summed E-state index contributed by atoms with van der Waals surface area (Å²) in [7, 11) is 1.86. The van der Waals surface area contributed by atoms with Crippen molar-refractivity contribution < 1.29 is 0 Å². The highest BCUT2D eigenvalue weighted by Crippen LogP contribution is 2.19. The Balaban J connectivity index is 1.95. The third-order valence-electron chi connectivity index (χ3n) is 3.22. The molecule has 0 unspecified atom stereocenters. The van der Waals surface area contributed by atoms with E-state index in [1.165, 1.54) is 19.3 Å². The molecule has 0 aliphatic carbocycles. The molecule has 1 fully saturated rings. The molecule has 1 aliphatic rings. The van der Waals surface area contributed by atoms with Gasteiger partial charge in [-0.2, -0.15) is 20.1 Å². The lowest BCUT2D eigenvalue weighted by Crippen LogP contribution is -2.31. The Labute approximate surface area is 111 Å². The van der Waals surface area contributed by atoms with E-state index in [1.807, 2.05) is 19.3 Å². The van der Waals surface area contributed by atoms with Gasteiger partial charge < -0.3 is 10.6 Å². The molecule has 3 heterocycles. The van der Waals surface area contributed by atoms with Gasteiger partial charge in [-0.25, -0.2) is 0 Å². The lowest BCUT2D eigenvalue weighted by atomic mass is 10.1. The van der Waals surface area contributed by atoms with Crippen molar-refractivity contribution in [2.75, 3.05) is 23.7 Å². The Morgan fingerprint density at radius 2 is 1.89 bits per heavy atom. The number of hydrogen-bond donors (Lipinski definition) is 1. The number of hydrogen-bond acceptors (Lipinski definition) is 6. The summed E-state index contributed by atoms with van der Waals surface area (Å²) in [5, 5.41) is 4.30. The molecule has 1 aliphatic heterocycles. The maximum Gasteiger partial charge on any atom is 0.230 e. The van der Waals surface area contributed by atoms with Gasteiger partial charge in [-0.15, -0.1) is 0 Å². The van der Waals surface area contributed by atoms with Gasteiger partial charge in [-0.1, -0.05) is 0 Å². The van der Waals surface area contributed by atoms with E-state index in [9.17, 15) is 0 Å². The Morgan fingerprint density at radius 1 is 1.11 bits per heavy atom. The molecular weight excluding hydrogens is 242 g/mol. The van der Waals surface area contributed by atoms with E-state index in [-0.39, 0.29) is 5.95 Å². The molecular formula is C12H17N7. The van der Waals surface area contributed by atoms with Gasteiger partial charge in [-0.3, -0.25) is 4.68 Å². The molecule has 2 aromatic heterocycles. The minimum absolute atomic E-state index is 0.247. The predicted molar refractivity (Wildman–Crippen MR) is 72.5 cm³/mol. The molecule has 0 spiro atoms. The smallest absolute Gasteiger partial charge is 0.230 e. The summed E-state index contributed by atoms with van der Waals surface area (Å²) < 4.78 is 1.72. The first-order chi connectivity index (χ1) is 9.22. The highest BCUT2D eigenvalue weighted by atomic mass is 15.3. The van der Waals surface area contributed by atoms with Crippen LogP contribution in [0.4, 0.5) is 11.9 Å². The van der Waals surface area contributed by atoms with Gasteiger partial charge in [0.1, 0.15) is 5.69 Å². The standard InChI is InChI=1S/C12H17N7/c1-18-8-5-9(17-18)10-14-11(13)16-12(15-10)19-6-3-2-4-7-19/h5,8H,2-4,6-7H2,1H3,(H2,13,14,15,16). The maximum atomic E-state index is 5.79. The summed E-state index contributed by atoms with van der Waals surface area (Å²) in [6.45, 7) is 1.95. The van der Waals surface area contributed by atoms with Crippen LogP contribution in [-0.2, 0) is 7.05 Å². The highest BCUT2D eigenvalue weighted by molar-refractivity contribution is 5.52. The van der Waals surface area contributed by atoms with E-state index >= 15 is 0 Å². The Hall–Kier alpha value is -2.18. The molecule has 7 nitrogen and oxygen atoms in total. The van der Waals surface area contributed by atoms with Crippen molar-refractivity contribution >= 4 is 11.9 Å². The van der Waals surface area contributed by atoms with E-state index < -0.39 is 0 Å². The number of aromatic nitrogens is 5. The minimum Gasteiger partial charge on any atom is -0.368 e. The number of piperidine rings is 1.